The summed E-state index contributed by atoms with van der Waals surface area (Å²) in [6, 6.07) is 15.3. The second kappa shape index (κ2) is 7.65. The Morgan fingerprint density at radius 2 is 2.03 bits per heavy atom. The molecule has 2 aromatic carbocycles. The topological polar surface area (TPSA) is 60.9 Å². The summed E-state index contributed by atoms with van der Waals surface area (Å²) in [7, 11) is 1.66. The molecule has 0 N–H and O–H groups in total. The predicted octanol–water partition coefficient (Wildman–Crippen LogP) is 4.06. The number of methoxy groups -OCH3 is 1. The number of carbonyl (C=O) groups is 1. The third kappa shape index (κ3) is 3.42. The Hall–Kier alpha value is -3.64. The molecule has 1 aromatic heterocycles. The van der Waals surface area contributed by atoms with E-state index in [0.29, 0.717) is 36.9 Å². The van der Waals surface area contributed by atoms with E-state index < -0.39 is 0 Å². The number of benzene rings is 2. The van der Waals surface area contributed by atoms with Gasteiger partial charge in [0.05, 0.1) is 18.2 Å². The van der Waals surface area contributed by atoms with Gasteiger partial charge in [0.15, 0.2) is 5.76 Å². The van der Waals surface area contributed by atoms with Gasteiger partial charge in [-0.1, -0.05) is 12.1 Å². The summed E-state index contributed by atoms with van der Waals surface area (Å²) in [4.78, 5) is 19.0. The standard InChI is InChI=1S/C24H20N2O4/c1-28-18-4-2-3-17(11-18)13-26-14-20-21(29-15-26)6-5-19-23(27)22(30-24(19)20)12-16-7-9-25-10-8-16/h2-12H,13-15H2,1H3. The van der Waals surface area contributed by atoms with E-state index in [0.717, 1.165) is 28.2 Å². The van der Waals surface area contributed by atoms with E-state index in [-0.39, 0.29) is 5.78 Å². The number of ether oxygens (including phenoxy) is 3. The van der Waals surface area contributed by atoms with Crippen LogP contribution in [-0.4, -0.2) is 29.5 Å². The van der Waals surface area contributed by atoms with E-state index in [4.69, 9.17) is 14.2 Å². The number of rotatable bonds is 4. The lowest BCUT2D eigenvalue weighted by molar-refractivity contribution is 0.0872. The maximum absolute atomic E-state index is 12.9. The summed E-state index contributed by atoms with van der Waals surface area (Å²) in [5.74, 6) is 2.37. The van der Waals surface area contributed by atoms with Crippen LogP contribution >= 0.6 is 0 Å². The molecule has 0 spiro atoms. The van der Waals surface area contributed by atoms with Crippen LogP contribution in [0.3, 0.4) is 0 Å². The van der Waals surface area contributed by atoms with E-state index in [9.17, 15) is 4.79 Å². The van der Waals surface area contributed by atoms with Crippen molar-refractivity contribution in [2.75, 3.05) is 13.8 Å². The normalized spacial score (nSPS) is 16.6. The summed E-state index contributed by atoms with van der Waals surface area (Å²) in [6.45, 7) is 1.80. The van der Waals surface area contributed by atoms with E-state index in [2.05, 4.69) is 16.0 Å². The molecule has 0 aliphatic carbocycles. The van der Waals surface area contributed by atoms with Gasteiger partial charge in [0.25, 0.3) is 0 Å². The molecule has 150 valence electrons. The summed E-state index contributed by atoms with van der Waals surface area (Å²) in [5.41, 5.74) is 3.46. The molecule has 2 aliphatic heterocycles. The first kappa shape index (κ1) is 18.4. The van der Waals surface area contributed by atoms with Crippen molar-refractivity contribution >= 4 is 11.9 Å². The predicted molar refractivity (Wildman–Crippen MR) is 111 cm³/mol. The first-order valence-electron chi connectivity index (χ1n) is 9.69. The number of Topliss-reactive ketones (excluding diaryl/α,β-unsaturated/α-hetero) is 1. The van der Waals surface area contributed by atoms with Crippen molar-refractivity contribution in [3.05, 3.63) is 88.9 Å². The van der Waals surface area contributed by atoms with Crippen LogP contribution in [0.1, 0.15) is 27.0 Å². The smallest absolute Gasteiger partial charge is 0.231 e. The molecule has 6 nitrogen and oxygen atoms in total. The van der Waals surface area contributed by atoms with Gasteiger partial charge in [-0.25, -0.2) is 0 Å². The van der Waals surface area contributed by atoms with Crippen LogP contribution in [0.2, 0.25) is 0 Å². The second-order valence-corrected chi connectivity index (χ2v) is 7.25. The van der Waals surface area contributed by atoms with Crippen LogP contribution in [0, 0.1) is 0 Å². The zero-order valence-electron chi connectivity index (χ0n) is 16.5. The van der Waals surface area contributed by atoms with Crippen molar-refractivity contribution in [2.45, 2.75) is 13.1 Å². The Kier molecular flexibility index (Phi) is 4.69. The van der Waals surface area contributed by atoms with E-state index >= 15 is 0 Å². The summed E-state index contributed by atoms with van der Waals surface area (Å²) in [6.07, 6.45) is 5.12. The van der Waals surface area contributed by atoms with Gasteiger partial charge in [0.2, 0.25) is 5.78 Å². The number of pyridine rings is 1. The molecule has 0 amide bonds. The van der Waals surface area contributed by atoms with Crippen molar-refractivity contribution in [3.8, 4) is 17.2 Å². The van der Waals surface area contributed by atoms with E-state index in [1.165, 1.54) is 0 Å². The van der Waals surface area contributed by atoms with Crippen LogP contribution in [0.5, 0.6) is 17.2 Å². The maximum Gasteiger partial charge on any atom is 0.231 e. The van der Waals surface area contributed by atoms with Crippen LogP contribution in [0.4, 0.5) is 0 Å². The van der Waals surface area contributed by atoms with Crippen LogP contribution in [0.25, 0.3) is 6.08 Å². The molecule has 0 fully saturated rings. The average Bonchev–Trinajstić information content (AvgIpc) is 3.10. The summed E-state index contributed by atoms with van der Waals surface area (Å²) < 4.78 is 17.3. The van der Waals surface area contributed by atoms with Gasteiger partial charge < -0.3 is 14.2 Å². The third-order valence-corrected chi connectivity index (χ3v) is 5.23. The fraction of sp³-hybridized carbons (Fsp3) is 0.167. The number of aromatic nitrogens is 1. The molecule has 3 aromatic rings. The lowest BCUT2D eigenvalue weighted by atomic mass is 10.0. The molecule has 5 rings (SSSR count). The second-order valence-electron chi connectivity index (χ2n) is 7.25. The lowest BCUT2D eigenvalue weighted by Gasteiger charge is -2.29. The van der Waals surface area contributed by atoms with Crippen molar-refractivity contribution in [3.63, 3.8) is 0 Å². The number of allylic oxidation sites excluding steroid dienone is 1. The highest BCUT2D eigenvalue weighted by Gasteiger charge is 2.33. The van der Waals surface area contributed by atoms with Crippen molar-refractivity contribution < 1.29 is 19.0 Å². The molecule has 0 saturated heterocycles. The highest BCUT2D eigenvalue weighted by Crippen LogP contribution is 2.42. The van der Waals surface area contributed by atoms with Crippen LogP contribution in [-0.2, 0) is 13.1 Å². The van der Waals surface area contributed by atoms with Gasteiger partial charge >= 0.3 is 0 Å². The van der Waals surface area contributed by atoms with Crippen LogP contribution in [0.15, 0.2) is 66.7 Å². The first-order chi connectivity index (χ1) is 14.7. The number of carbonyl (C=O) groups excluding carboxylic acids is 1. The fourth-order valence-corrected chi connectivity index (χ4v) is 3.75. The average molecular weight is 400 g/mol. The zero-order valence-corrected chi connectivity index (χ0v) is 16.5. The SMILES string of the molecule is COc1cccc(CN2COc3ccc4c(c3C2)OC(=Cc2ccncc2)C4=O)c1. The monoisotopic (exact) mass is 400 g/mol. The highest BCUT2D eigenvalue weighted by atomic mass is 16.5. The van der Waals surface area contributed by atoms with Crippen molar-refractivity contribution in [1.29, 1.82) is 0 Å². The Morgan fingerprint density at radius 1 is 1.17 bits per heavy atom. The van der Waals surface area contributed by atoms with Gasteiger partial charge in [-0.05, 0) is 53.6 Å². The Bertz CT molecular complexity index is 1140. The molecule has 0 bridgehead atoms. The van der Waals surface area contributed by atoms with Gasteiger partial charge in [-0.2, -0.15) is 0 Å². The largest absolute Gasteiger partial charge is 0.497 e. The van der Waals surface area contributed by atoms with E-state index in [1.807, 2.05) is 36.4 Å². The van der Waals surface area contributed by atoms with Gasteiger partial charge in [-0.3, -0.25) is 14.7 Å². The quantitative estimate of drug-likeness (QED) is 0.616. The lowest BCUT2D eigenvalue weighted by Crippen LogP contribution is -2.31. The molecule has 0 radical (unpaired) electrons. The molecule has 2 aliphatic rings. The maximum atomic E-state index is 12.9. The van der Waals surface area contributed by atoms with Crippen molar-refractivity contribution in [2.24, 2.45) is 0 Å². The highest BCUT2D eigenvalue weighted by molar-refractivity contribution is 6.15. The Labute approximate surface area is 174 Å². The molecule has 30 heavy (non-hydrogen) atoms. The summed E-state index contributed by atoms with van der Waals surface area (Å²) in [5, 5.41) is 0. The molecule has 6 heteroatoms. The molecular formula is C24H20N2O4. The molecule has 3 heterocycles. The van der Waals surface area contributed by atoms with Crippen molar-refractivity contribution in [1.82, 2.24) is 9.88 Å². The van der Waals surface area contributed by atoms with Gasteiger partial charge in [0, 0.05) is 25.5 Å². The number of hydrogen-bond acceptors (Lipinski definition) is 6. The minimum atomic E-state index is -0.116. The zero-order chi connectivity index (χ0) is 20.5. The minimum absolute atomic E-state index is 0.116. The van der Waals surface area contributed by atoms with Gasteiger partial charge in [-0.15, -0.1) is 0 Å². The fourth-order valence-electron chi connectivity index (χ4n) is 3.75. The minimum Gasteiger partial charge on any atom is -0.497 e. The Balaban J connectivity index is 1.41. The molecule has 0 unspecified atom stereocenters. The van der Waals surface area contributed by atoms with Gasteiger partial charge in [0.1, 0.15) is 24.0 Å². The Morgan fingerprint density at radius 3 is 2.87 bits per heavy atom. The number of fused-ring (bicyclic) bond motifs is 3. The molecular weight excluding hydrogens is 380 g/mol. The first-order valence-corrected chi connectivity index (χ1v) is 9.69. The third-order valence-electron chi connectivity index (χ3n) is 5.23. The molecule has 0 atom stereocenters. The number of hydrogen-bond donors (Lipinski definition) is 0. The summed E-state index contributed by atoms with van der Waals surface area (Å²) >= 11 is 0. The van der Waals surface area contributed by atoms with Crippen LogP contribution < -0.4 is 14.2 Å². The molecule has 0 saturated carbocycles. The number of ketones is 1. The number of nitrogens with zero attached hydrogens (tertiary/aromatic N) is 2. The van der Waals surface area contributed by atoms with E-state index in [1.54, 1.807) is 31.6 Å².